The van der Waals surface area contributed by atoms with Crippen LogP contribution in [0.3, 0.4) is 0 Å². The summed E-state index contributed by atoms with van der Waals surface area (Å²) in [7, 11) is 0. The molecule has 0 fully saturated rings. The third kappa shape index (κ3) is 4.69. The van der Waals surface area contributed by atoms with Gasteiger partial charge in [-0.1, -0.05) is 6.92 Å². The van der Waals surface area contributed by atoms with E-state index in [0.717, 1.165) is 23.1 Å². The summed E-state index contributed by atoms with van der Waals surface area (Å²) in [5.74, 6) is 1.12. The minimum absolute atomic E-state index is 0.167. The van der Waals surface area contributed by atoms with Gasteiger partial charge in [0.1, 0.15) is 5.75 Å². The normalized spacial score (nSPS) is 16.5. The van der Waals surface area contributed by atoms with Crippen LogP contribution in [0.4, 0.5) is 18.9 Å². The summed E-state index contributed by atoms with van der Waals surface area (Å²) in [4.78, 5) is 11.0. The van der Waals surface area contributed by atoms with Gasteiger partial charge in [-0.05, 0) is 48.6 Å². The average molecular weight is 381 g/mol. The molecule has 1 atom stereocenters. The fourth-order valence-electron chi connectivity index (χ4n) is 2.42. The van der Waals surface area contributed by atoms with Gasteiger partial charge in [0.05, 0.1) is 0 Å². The molecule has 0 bridgehead atoms. The molecule has 0 saturated carbocycles. The lowest BCUT2D eigenvalue weighted by atomic mass is 10.2. The second-order valence-electron chi connectivity index (χ2n) is 5.68. The molecule has 1 unspecified atom stereocenters. The first-order valence-electron chi connectivity index (χ1n) is 8.16. The number of hydrogen-bond donors (Lipinski definition) is 0. The van der Waals surface area contributed by atoms with Gasteiger partial charge in [-0.2, -0.15) is 13.2 Å². The Hall–Kier alpha value is -2.22. The predicted octanol–water partition coefficient (Wildman–Crippen LogP) is 3.33. The van der Waals surface area contributed by atoms with Crippen molar-refractivity contribution in [1.29, 1.82) is 0 Å². The van der Waals surface area contributed by atoms with Crippen molar-refractivity contribution in [2.45, 2.75) is 25.0 Å². The molecule has 1 aromatic heterocycles. The Labute approximate surface area is 153 Å². The first-order chi connectivity index (χ1) is 12.5. The lowest BCUT2D eigenvalue weighted by Gasteiger charge is -2.29. The van der Waals surface area contributed by atoms with Crippen LogP contribution < -0.4 is 20.3 Å². The Balaban J connectivity index is 1.84. The van der Waals surface area contributed by atoms with Gasteiger partial charge in [0.2, 0.25) is 0 Å². The van der Waals surface area contributed by atoms with Gasteiger partial charge in [-0.15, -0.1) is 11.8 Å². The SMILES string of the molecule is CCCSC1N=c2ncccc2=CN1c1ccc(OCC(F)(F)F)cc1. The number of rotatable bonds is 6. The fourth-order valence-corrected chi connectivity index (χ4v) is 3.39. The zero-order valence-corrected chi connectivity index (χ0v) is 14.9. The van der Waals surface area contributed by atoms with Crippen molar-refractivity contribution in [1.82, 2.24) is 4.98 Å². The molecule has 0 saturated heterocycles. The summed E-state index contributed by atoms with van der Waals surface area (Å²) in [6, 6.07) is 10.3. The highest BCUT2D eigenvalue weighted by atomic mass is 32.2. The van der Waals surface area contributed by atoms with Crippen LogP contribution in [0.2, 0.25) is 0 Å². The van der Waals surface area contributed by atoms with Crippen molar-refractivity contribution in [3.63, 3.8) is 0 Å². The molecule has 0 aliphatic carbocycles. The summed E-state index contributed by atoms with van der Waals surface area (Å²) in [5.41, 5.74) is 1.36. The number of nitrogens with zero attached hydrogens (tertiary/aromatic N) is 3. The van der Waals surface area contributed by atoms with Crippen LogP contribution in [-0.4, -0.2) is 29.0 Å². The monoisotopic (exact) mass is 381 g/mol. The number of pyridine rings is 1. The Morgan fingerprint density at radius 2 is 1.96 bits per heavy atom. The van der Waals surface area contributed by atoms with Gasteiger partial charge < -0.3 is 9.64 Å². The van der Waals surface area contributed by atoms with E-state index >= 15 is 0 Å². The molecule has 1 aromatic carbocycles. The van der Waals surface area contributed by atoms with E-state index in [9.17, 15) is 13.2 Å². The van der Waals surface area contributed by atoms with Gasteiger partial charge in [0, 0.05) is 23.3 Å². The predicted molar refractivity (Wildman–Crippen MR) is 96.5 cm³/mol. The molecule has 1 aliphatic heterocycles. The van der Waals surface area contributed by atoms with Crippen LogP contribution in [0.15, 0.2) is 47.6 Å². The molecule has 138 valence electrons. The molecule has 0 spiro atoms. The Morgan fingerprint density at radius 3 is 2.65 bits per heavy atom. The standard InChI is InChI=1S/C18H18F3N3OS/c1-2-10-26-17-23-16-13(4-3-9-22-16)11-24(17)14-5-7-15(8-6-14)25-12-18(19,20)21/h3-9,11,17H,2,10,12H2,1H3. The summed E-state index contributed by atoms with van der Waals surface area (Å²) in [5, 5.41) is 0.901. The number of thioether (sulfide) groups is 1. The number of benzene rings is 1. The van der Waals surface area contributed by atoms with E-state index in [4.69, 9.17) is 9.73 Å². The second kappa shape index (κ2) is 7.99. The van der Waals surface area contributed by atoms with Gasteiger partial charge in [-0.25, -0.2) is 9.98 Å². The van der Waals surface area contributed by atoms with E-state index in [2.05, 4.69) is 11.9 Å². The van der Waals surface area contributed by atoms with Crippen molar-refractivity contribution in [2.24, 2.45) is 4.99 Å². The summed E-state index contributed by atoms with van der Waals surface area (Å²) in [6.07, 6.45) is 0.342. The van der Waals surface area contributed by atoms with Crippen LogP contribution in [0, 0.1) is 0 Å². The number of alkyl halides is 3. The second-order valence-corrected chi connectivity index (χ2v) is 6.84. The number of hydrogen-bond acceptors (Lipinski definition) is 5. The molecule has 0 amide bonds. The highest BCUT2D eigenvalue weighted by Crippen LogP contribution is 2.28. The molecule has 8 heteroatoms. The van der Waals surface area contributed by atoms with Gasteiger partial charge in [0.25, 0.3) is 0 Å². The first-order valence-corrected chi connectivity index (χ1v) is 9.21. The van der Waals surface area contributed by atoms with E-state index in [1.165, 1.54) is 12.1 Å². The molecule has 3 rings (SSSR count). The van der Waals surface area contributed by atoms with Crippen LogP contribution in [0.5, 0.6) is 5.75 Å². The molecule has 4 nitrogen and oxygen atoms in total. The quantitative estimate of drug-likeness (QED) is 0.769. The summed E-state index contributed by atoms with van der Waals surface area (Å²) in [6.45, 7) is 0.800. The maximum absolute atomic E-state index is 12.3. The van der Waals surface area contributed by atoms with Crippen molar-refractivity contribution in [3.05, 3.63) is 53.3 Å². The van der Waals surface area contributed by atoms with E-state index in [1.54, 1.807) is 30.1 Å². The molecule has 1 aliphatic rings. The number of halogens is 3. The third-order valence-electron chi connectivity index (χ3n) is 3.57. The van der Waals surface area contributed by atoms with E-state index in [-0.39, 0.29) is 11.2 Å². The number of anilines is 1. The largest absolute Gasteiger partial charge is 0.484 e. The van der Waals surface area contributed by atoms with Crippen LogP contribution >= 0.6 is 11.8 Å². The summed E-state index contributed by atoms with van der Waals surface area (Å²) < 4.78 is 41.6. The average Bonchev–Trinajstić information content (AvgIpc) is 2.64. The van der Waals surface area contributed by atoms with E-state index in [0.29, 0.717) is 5.49 Å². The highest BCUT2D eigenvalue weighted by molar-refractivity contribution is 8.00. The third-order valence-corrected chi connectivity index (χ3v) is 4.85. The highest BCUT2D eigenvalue weighted by Gasteiger charge is 2.28. The van der Waals surface area contributed by atoms with Crippen LogP contribution in [-0.2, 0) is 0 Å². The molecule has 26 heavy (non-hydrogen) atoms. The fraction of sp³-hybridized carbons (Fsp3) is 0.333. The van der Waals surface area contributed by atoms with E-state index in [1.807, 2.05) is 23.2 Å². The van der Waals surface area contributed by atoms with Gasteiger partial charge in [-0.3, -0.25) is 0 Å². The lowest BCUT2D eigenvalue weighted by molar-refractivity contribution is -0.153. The Bertz CT molecular complexity index is 855. The number of aromatic nitrogens is 1. The first kappa shape index (κ1) is 18.6. The molecule has 0 radical (unpaired) electrons. The summed E-state index contributed by atoms with van der Waals surface area (Å²) >= 11 is 1.69. The molecular formula is C18H18F3N3OS. The molecule has 2 aromatic rings. The molecular weight excluding hydrogens is 363 g/mol. The van der Waals surface area contributed by atoms with Crippen LogP contribution in [0.1, 0.15) is 13.3 Å². The van der Waals surface area contributed by atoms with Crippen molar-refractivity contribution in [2.75, 3.05) is 17.3 Å². The van der Waals surface area contributed by atoms with Gasteiger partial charge >= 0.3 is 6.18 Å². The molecule has 0 N–H and O–H groups in total. The Kier molecular flexibility index (Phi) is 5.70. The van der Waals surface area contributed by atoms with Crippen molar-refractivity contribution < 1.29 is 17.9 Å². The maximum Gasteiger partial charge on any atom is 0.422 e. The smallest absolute Gasteiger partial charge is 0.422 e. The minimum Gasteiger partial charge on any atom is -0.484 e. The van der Waals surface area contributed by atoms with Crippen molar-refractivity contribution >= 4 is 23.6 Å². The maximum atomic E-state index is 12.3. The number of ether oxygens (including phenoxy) is 1. The topological polar surface area (TPSA) is 37.7 Å². The Morgan fingerprint density at radius 1 is 1.19 bits per heavy atom. The minimum atomic E-state index is -4.35. The lowest BCUT2D eigenvalue weighted by Crippen LogP contribution is -2.42. The van der Waals surface area contributed by atoms with Crippen LogP contribution in [0.25, 0.3) is 6.20 Å². The van der Waals surface area contributed by atoms with E-state index < -0.39 is 12.8 Å². The van der Waals surface area contributed by atoms with Gasteiger partial charge in [0.15, 0.2) is 17.6 Å². The zero-order valence-electron chi connectivity index (χ0n) is 14.1. The number of fused-ring (bicyclic) bond motifs is 1. The zero-order chi connectivity index (χ0) is 18.6. The molecule has 2 heterocycles. The van der Waals surface area contributed by atoms with Crippen molar-refractivity contribution in [3.8, 4) is 5.75 Å².